The van der Waals surface area contributed by atoms with E-state index in [0.717, 1.165) is 28.6 Å². The summed E-state index contributed by atoms with van der Waals surface area (Å²) < 4.78 is 5.21. The molecule has 3 rings (SSSR count). The summed E-state index contributed by atoms with van der Waals surface area (Å²) in [5, 5.41) is 3.70. The fourth-order valence-electron chi connectivity index (χ4n) is 2.60. The zero-order valence-corrected chi connectivity index (χ0v) is 13.7. The third-order valence-corrected chi connectivity index (χ3v) is 3.76. The van der Waals surface area contributed by atoms with Crippen LogP contribution >= 0.6 is 0 Å². The molecule has 5 nitrogen and oxygen atoms in total. The van der Waals surface area contributed by atoms with Crippen LogP contribution in [0.5, 0.6) is 5.75 Å². The fraction of sp³-hybridized carbons (Fsp3) is 0.211. The first-order chi connectivity index (χ1) is 11.7. The molecule has 2 aromatic carbocycles. The number of aryl methyl sites for hydroxylation is 1. The van der Waals surface area contributed by atoms with Gasteiger partial charge < -0.3 is 10.1 Å². The Morgan fingerprint density at radius 1 is 1.12 bits per heavy atom. The molecule has 3 aromatic rings. The van der Waals surface area contributed by atoms with Crippen LogP contribution in [0.2, 0.25) is 0 Å². The van der Waals surface area contributed by atoms with E-state index in [9.17, 15) is 4.79 Å². The molecule has 24 heavy (non-hydrogen) atoms. The van der Waals surface area contributed by atoms with Crippen LogP contribution in [-0.2, 0) is 6.42 Å². The maximum atomic E-state index is 12.5. The molecular formula is C19H19N3O2. The van der Waals surface area contributed by atoms with Crippen molar-refractivity contribution in [1.29, 1.82) is 0 Å². The van der Waals surface area contributed by atoms with Crippen LogP contribution in [0.15, 0.2) is 48.5 Å². The van der Waals surface area contributed by atoms with Gasteiger partial charge in [0.15, 0.2) is 0 Å². The molecule has 0 saturated heterocycles. The van der Waals surface area contributed by atoms with E-state index in [1.165, 1.54) is 0 Å². The number of rotatable bonds is 5. The normalized spacial score (nSPS) is 10.6. The van der Waals surface area contributed by atoms with Gasteiger partial charge in [-0.1, -0.05) is 30.3 Å². The topological polar surface area (TPSA) is 64.1 Å². The third-order valence-electron chi connectivity index (χ3n) is 3.76. The first-order valence-corrected chi connectivity index (χ1v) is 7.82. The van der Waals surface area contributed by atoms with Crippen LogP contribution in [0.25, 0.3) is 10.9 Å². The largest absolute Gasteiger partial charge is 0.497 e. The Labute approximate surface area is 140 Å². The Kier molecular flexibility index (Phi) is 4.70. The number of nitrogens with zero attached hydrogens (tertiary/aromatic N) is 2. The minimum atomic E-state index is -0.181. The Morgan fingerprint density at radius 2 is 1.96 bits per heavy atom. The lowest BCUT2D eigenvalue weighted by Gasteiger charge is -2.09. The lowest BCUT2D eigenvalue weighted by atomic mass is 10.1. The maximum absolute atomic E-state index is 12.5. The molecule has 0 fully saturated rings. The van der Waals surface area contributed by atoms with Gasteiger partial charge in [0.2, 0.25) is 0 Å². The monoisotopic (exact) mass is 321 g/mol. The van der Waals surface area contributed by atoms with E-state index in [4.69, 9.17) is 4.74 Å². The van der Waals surface area contributed by atoms with Crippen molar-refractivity contribution in [2.75, 3.05) is 13.7 Å². The summed E-state index contributed by atoms with van der Waals surface area (Å²) >= 11 is 0. The molecule has 0 radical (unpaired) electrons. The van der Waals surface area contributed by atoms with Crippen molar-refractivity contribution in [3.8, 4) is 5.75 Å². The SMILES string of the molecule is COc1cccc(CCNC(=O)c2nc(C)nc3ccccc23)c1. The number of hydrogen-bond acceptors (Lipinski definition) is 4. The quantitative estimate of drug-likeness (QED) is 0.785. The summed E-state index contributed by atoms with van der Waals surface area (Å²) in [5.74, 6) is 1.22. The minimum Gasteiger partial charge on any atom is -0.497 e. The average molecular weight is 321 g/mol. The van der Waals surface area contributed by atoms with Crippen molar-refractivity contribution in [1.82, 2.24) is 15.3 Å². The first-order valence-electron chi connectivity index (χ1n) is 7.82. The fourth-order valence-corrected chi connectivity index (χ4v) is 2.60. The number of methoxy groups -OCH3 is 1. The second kappa shape index (κ2) is 7.08. The molecule has 1 amide bonds. The van der Waals surface area contributed by atoms with Crippen LogP contribution in [-0.4, -0.2) is 29.5 Å². The van der Waals surface area contributed by atoms with Gasteiger partial charge >= 0.3 is 0 Å². The van der Waals surface area contributed by atoms with Gasteiger partial charge in [-0.15, -0.1) is 0 Å². The molecule has 122 valence electrons. The number of fused-ring (bicyclic) bond motifs is 1. The van der Waals surface area contributed by atoms with E-state index in [-0.39, 0.29) is 5.91 Å². The number of para-hydroxylation sites is 1. The van der Waals surface area contributed by atoms with Gasteiger partial charge in [0.05, 0.1) is 12.6 Å². The van der Waals surface area contributed by atoms with Gasteiger partial charge in [0.1, 0.15) is 17.3 Å². The number of benzene rings is 2. The van der Waals surface area contributed by atoms with E-state index < -0.39 is 0 Å². The number of hydrogen-bond donors (Lipinski definition) is 1. The van der Waals surface area contributed by atoms with Crippen molar-refractivity contribution < 1.29 is 9.53 Å². The Bertz CT molecular complexity index is 877. The molecule has 0 aliphatic heterocycles. The van der Waals surface area contributed by atoms with E-state index in [0.29, 0.717) is 18.1 Å². The second-order valence-electron chi connectivity index (χ2n) is 5.49. The Morgan fingerprint density at radius 3 is 2.79 bits per heavy atom. The molecule has 0 unspecified atom stereocenters. The zero-order valence-electron chi connectivity index (χ0n) is 13.7. The van der Waals surface area contributed by atoms with Gasteiger partial charge in [-0.05, 0) is 37.1 Å². The van der Waals surface area contributed by atoms with Crippen molar-refractivity contribution in [2.45, 2.75) is 13.3 Å². The van der Waals surface area contributed by atoms with Crippen LogP contribution < -0.4 is 10.1 Å². The highest BCUT2D eigenvalue weighted by Crippen LogP contribution is 2.16. The van der Waals surface area contributed by atoms with Crippen LogP contribution in [0.1, 0.15) is 21.9 Å². The highest BCUT2D eigenvalue weighted by atomic mass is 16.5. The van der Waals surface area contributed by atoms with Crippen molar-refractivity contribution in [2.24, 2.45) is 0 Å². The number of ether oxygens (including phenoxy) is 1. The molecule has 1 N–H and O–H groups in total. The summed E-state index contributed by atoms with van der Waals surface area (Å²) in [6.45, 7) is 2.32. The number of carbonyl (C=O) groups is 1. The molecule has 0 aliphatic carbocycles. The Balaban J connectivity index is 1.71. The lowest BCUT2D eigenvalue weighted by Crippen LogP contribution is -2.27. The van der Waals surface area contributed by atoms with E-state index >= 15 is 0 Å². The summed E-state index contributed by atoms with van der Waals surface area (Å²) in [5.41, 5.74) is 2.31. The highest BCUT2D eigenvalue weighted by molar-refractivity contribution is 6.04. The summed E-state index contributed by atoms with van der Waals surface area (Å²) in [6, 6.07) is 15.4. The third kappa shape index (κ3) is 3.51. The molecular weight excluding hydrogens is 302 g/mol. The maximum Gasteiger partial charge on any atom is 0.270 e. The van der Waals surface area contributed by atoms with Crippen LogP contribution in [0.3, 0.4) is 0 Å². The van der Waals surface area contributed by atoms with Crippen LogP contribution in [0.4, 0.5) is 0 Å². The Hall–Kier alpha value is -2.95. The predicted octanol–water partition coefficient (Wildman–Crippen LogP) is 2.92. The number of aromatic nitrogens is 2. The first kappa shape index (κ1) is 15.9. The standard InChI is InChI=1S/C19H19N3O2/c1-13-21-17-9-4-3-8-16(17)18(22-13)19(23)20-11-10-14-6-5-7-15(12-14)24-2/h3-9,12H,10-11H2,1-2H3,(H,20,23). The number of carbonyl (C=O) groups excluding carboxylic acids is 1. The molecule has 5 heteroatoms. The van der Waals surface area contributed by atoms with E-state index in [1.54, 1.807) is 14.0 Å². The molecule has 1 aromatic heterocycles. The molecule has 0 saturated carbocycles. The second-order valence-corrected chi connectivity index (χ2v) is 5.49. The molecule has 0 bridgehead atoms. The number of amides is 1. The van der Waals surface area contributed by atoms with Gasteiger partial charge in [-0.2, -0.15) is 0 Å². The van der Waals surface area contributed by atoms with E-state index in [2.05, 4.69) is 15.3 Å². The number of nitrogens with one attached hydrogen (secondary N) is 1. The van der Waals surface area contributed by atoms with E-state index in [1.807, 2.05) is 48.5 Å². The van der Waals surface area contributed by atoms with Crippen molar-refractivity contribution >= 4 is 16.8 Å². The summed E-state index contributed by atoms with van der Waals surface area (Å²) in [7, 11) is 1.64. The molecule has 0 spiro atoms. The molecule has 0 atom stereocenters. The van der Waals surface area contributed by atoms with Gasteiger partial charge in [-0.3, -0.25) is 4.79 Å². The highest BCUT2D eigenvalue weighted by Gasteiger charge is 2.13. The average Bonchev–Trinajstić information content (AvgIpc) is 2.61. The summed E-state index contributed by atoms with van der Waals surface area (Å²) in [4.78, 5) is 21.2. The molecule has 0 aliphatic rings. The van der Waals surface area contributed by atoms with Gasteiger partial charge in [-0.25, -0.2) is 9.97 Å². The van der Waals surface area contributed by atoms with Gasteiger partial charge in [0, 0.05) is 11.9 Å². The van der Waals surface area contributed by atoms with Crippen LogP contribution in [0, 0.1) is 6.92 Å². The smallest absolute Gasteiger partial charge is 0.270 e. The molecule has 1 heterocycles. The summed E-state index contributed by atoms with van der Waals surface area (Å²) in [6.07, 6.45) is 0.727. The van der Waals surface area contributed by atoms with Crippen molar-refractivity contribution in [3.05, 3.63) is 65.6 Å². The zero-order chi connectivity index (χ0) is 16.9. The van der Waals surface area contributed by atoms with Gasteiger partial charge in [0.25, 0.3) is 5.91 Å². The lowest BCUT2D eigenvalue weighted by molar-refractivity contribution is 0.0950. The minimum absolute atomic E-state index is 0.181. The van der Waals surface area contributed by atoms with Crippen molar-refractivity contribution in [3.63, 3.8) is 0 Å². The predicted molar refractivity (Wildman–Crippen MR) is 93.3 cm³/mol.